The molecule has 0 aliphatic rings. The van der Waals surface area contributed by atoms with Crippen LogP contribution in [0.25, 0.3) is 22.5 Å². The molecule has 4 rings (SSSR count). The molecular weight excluding hydrogens is 376 g/mol. The monoisotopic (exact) mass is 398 g/mol. The Morgan fingerprint density at radius 1 is 1.00 bits per heavy atom. The molecule has 0 bridgehead atoms. The van der Waals surface area contributed by atoms with Crippen molar-refractivity contribution in [2.75, 3.05) is 0 Å². The zero-order valence-corrected chi connectivity index (χ0v) is 16.7. The summed E-state index contributed by atoms with van der Waals surface area (Å²) < 4.78 is 1.95. The molecule has 0 saturated carbocycles. The molecule has 6 heteroatoms. The van der Waals surface area contributed by atoms with Crippen molar-refractivity contribution in [2.45, 2.75) is 26.3 Å². The number of aromatic nitrogens is 4. The van der Waals surface area contributed by atoms with Crippen LogP contribution in [0.15, 0.2) is 73.1 Å². The summed E-state index contributed by atoms with van der Waals surface area (Å²) >= 11 is 0. The Bertz CT molecular complexity index is 1150. The van der Waals surface area contributed by atoms with Crippen molar-refractivity contribution >= 4 is 5.97 Å². The van der Waals surface area contributed by atoms with E-state index in [1.165, 1.54) is 12.3 Å². The van der Waals surface area contributed by atoms with E-state index in [1.54, 1.807) is 6.20 Å². The minimum absolute atomic E-state index is 0.242. The van der Waals surface area contributed by atoms with E-state index in [9.17, 15) is 9.90 Å². The van der Waals surface area contributed by atoms with Gasteiger partial charge in [0.15, 0.2) is 5.82 Å². The Kier molecular flexibility index (Phi) is 5.66. The Labute approximate surface area is 174 Å². The summed E-state index contributed by atoms with van der Waals surface area (Å²) in [7, 11) is 0. The van der Waals surface area contributed by atoms with Crippen LogP contribution in [0.4, 0.5) is 0 Å². The summed E-state index contributed by atoms with van der Waals surface area (Å²) in [5.41, 5.74) is 3.74. The second-order valence-corrected chi connectivity index (χ2v) is 7.05. The predicted octanol–water partition coefficient (Wildman–Crippen LogP) is 4.71. The maximum absolute atomic E-state index is 11.5. The molecule has 2 heterocycles. The first-order valence-electron chi connectivity index (χ1n) is 9.91. The highest BCUT2D eigenvalue weighted by Gasteiger charge is 2.13. The number of hydrogen-bond acceptors (Lipinski definition) is 4. The molecule has 0 fully saturated rings. The number of hydrogen-bond donors (Lipinski definition) is 1. The predicted molar refractivity (Wildman–Crippen MR) is 115 cm³/mol. The van der Waals surface area contributed by atoms with E-state index in [2.05, 4.69) is 11.9 Å². The van der Waals surface area contributed by atoms with Gasteiger partial charge in [-0.1, -0.05) is 61.5 Å². The van der Waals surface area contributed by atoms with Crippen LogP contribution in [0.1, 0.15) is 35.1 Å². The molecule has 150 valence electrons. The lowest BCUT2D eigenvalue weighted by atomic mass is 10.0. The third-order valence-electron chi connectivity index (χ3n) is 4.90. The molecule has 6 nitrogen and oxygen atoms in total. The molecule has 2 aromatic heterocycles. The normalized spacial score (nSPS) is 10.8. The molecule has 0 unspecified atom stereocenters. The SMILES string of the molecule is CCCc1nc(-c2ccccc2)nn1Cc1ccc(-c2cnccc2C(=O)O)cc1. The number of carboxylic acids is 1. The van der Waals surface area contributed by atoms with Gasteiger partial charge in [0.1, 0.15) is 5.82 Å². The molecule has 0 aliphatic heterocycles. The number of carboxylic acid groups (broad SMARTS) is 1. The molecule has 0 amide bonds. The van der Waals surface area contributed by atoms with Gasteiger partial charge in [-0.15, -0.1) is 0 Å². The summed E-state index contributed by atoms with van der Waals surface area (Å²) in [5, 5.41) is 14.1. The number of carbonyl (C=O) groups is 1. The van der Waals surface area contributed by atoms with E-state index < -0.39 is 5.97 Å². The smallest absolute Gasteiger partial charge is 0.336 e. The largest absolute Gasteiger partial charge is 0.478 e. The standard InChI is InChI=1S/C24H22N4O2/c1-2-6-22-26-23(19-7-4-3-5-8-19)27-28(22)16-17-9-11-18(12-10-17)21-15-25-14-13-20(21)24(29)30/h3-5,7-15H,2,6,16H2,1H3,(H,29,30). The Balaban J connectivity index is 1.61. The molecule has 0 aliphatic carbocycles. The third kappa shape index (κ3) is 4.12. The fourth-order valence-corrected chi connectivity index (χ4v) is 3.39. The minimum atomic E-state index is -0.961. The third-order valence-corrected chi connectivity index (χ3v) is 4.90. The average molecular weight is 398 g/mol. The lowest BCUT2D eigenvalue weighted by molar-refractivity contribution is 0.0697. The maximum Gasteiger partial charge on any atom is 0.336 e. The molecule has 2 aromatic carbocycles. The summed E-state index contributed by atoms with van der Waals surface area (Å²) in [6.07, 6.45) is 4.92. The minimum Gasteiger partial charge on any atom is -0.478 e. The van der Waals surface area contributed by atoms with Crippen LogP contribution < -0.4 is 0 Å². The van der Waals surface area contributed by atoms with Gasteiger partial charge in [0, 0.05) is 29.9 Å². The van der Waals surface area contributed by atoms with Gasteiger partial charge < -0.3 is 5.11 Å². The first-order chi connectivity index (χ1) is 14.7. The highest BCUT2D eigenvalue weighted by molar-refractivity contribution is 5.95. The Morgan fingerprint density at radius 2 is 1.77 bits per heavy atom. The zero-order valence-electron chi connectivity index (χ0n) is 16.7. The van der Waals surface area contributed by atoms with Crippen LogP contribution in [-0.2, 0) is 13.0 Å². The zero-order chi connectivity index (χ0) is 20.9. The fourth-order valence-electron chi connectivity index (χ4n) is 3.39. The number of rotatable bonds is 7. The van der Waals surface area contributed by atoms with Crippen molar-refractivity contribution in [1.29, 1.82) is 0 Å². The second kappa shape index (κ2) is 8.69. The molecule has 4 aromatic rings. The number of aryl methyl sites for hydroxylation is 1. The van der Waals surface area contributed by atoms with Crippen LogP contribution in [-0.4, -0.2) is 30.8 Å². The summed E-state index contributed by atoms with van der Waals surface area (Å²) in [4.78, 5) is 20.3. The van der Waals surface area contributed by atoms with Crippen molar-refractivity contribution in [1.82, 2.24) is 19.7 Å². The van der Waals surface area contributed by atoms with Crippen LogP contribution in [0, 0.1) is 0 Å². The lowest BCUT2D eigenvalue weighted by Gasteiger charge is -2.08. The fraction of sp³-hybridized carbons (Fsp3) is 0.167. The van der Waals surface area contributed by atoms with Crippen LogP contribution in [0.3, 0.4) is 0 Å². The topological polar surface area (TPSA) is 80.9 Å². The van der Waals surface area contributed by atoms with E-state index >= 15 is 0 Å². The summed E-state index contributed by atoms with van der Waals surface area (Å²) in [5.74, 6) is 0.731. The van der Waals surface area contributed by atoms with Crippen molar-refractivity contribution in [3.05, 3.63) is 90.0 Å². The molecule has 0 spiro atoms. The van der Waals surface area contributed by atoms with Gasteiger partial charge in [-0.3, -0.25) is 4.98 Å². The van der Waals surface area contributed by atoms with Crippen LogP contribution >= 0.6 is 0 Å². The molecule has 0 radical (unpaired) electrons. The van der Waals surface area contributed by atoms with Gasteiger partial charge in [0.2, 0.25) is 0 Å². The Morgan fingerprint density at radius 3 is 2.47 bits per heavy atom. The van der Waals surface area contributed by atoms with Crippen LogP contribution in [0.5, 0.6) is 0 Å². The van der Waals surface area contributed by atoms with Gasteiger partial charge in [0.05, 0.1) is 12.1 Å². The molecule has 0 atom stereocenters. The van der Waals surface area contributed by atoms with Crippen molar-refractivity contribution in [2.24, 2.45) is 0 Å². The summed E-state index contributed by atoms with van der Waals surface area (Å²) in [6.45, 7) is 2.73. The highest BCUT2D eigenvalue weighted by Crippen LogP contribution is 2.24. The van der Waals surface area contributed by atoms with E-state index in [1.807, 2.05) is 59.3 Å². The second-order valence-electron chi connectivity index (χ2n) is 7.05. The number of nitrogens with zero attached hydrogens (tertiary/aromatic N) is 4. The van der Waals surface area contributed by atoms with Gasteiger partial charge in [-0.25, -0.2) is 14.5 Å². The molecular formula is C24H22N4O2. The number of aromatic carboxylic acids is 1. The first-order valence-corrected chi connectivity index (χ1v) is 9.91. The van der Waals surface area contributed by atoms with Gasteiger partial charge in [-0.05, 0) is 23.6 Å². The number of benzene rings is 2. The molecule has 0 saturated heterocycles. The van der Waals surface area contributed by atoms with E-state index in [-0.39, 0.29) is 5.56 Å². The van der Waals surface area contributed by atoms with Crippen molar-refractivity contribution in [3.63, 3.8) is 0 Å². The first kappa shape index (κ1) is 19.5. The van der Waals surface area contributed by atoms with Gasteiger partial charge in [0.25, 0.3) is 0 Å². The maximum atomic E-state index is 11.5. The van der Waals surface area contributed by atoms with E-state index in [0.717, 1.165) is 41.2 Å². The molecule has 1 N–H and O–H groups in total. The molecule has 30 heavy (non-hydrogen) atoms. The lowest BCUT2D eigenvalue weighted by Crippen LogP contribution is -2.07. The van der Waals surface area contributed by atoms with Gasteiger partial charge >= 0.3 is 5.97 Å². The van der Waals surface area contributed by atoms with Gasteiger partial charge in [-0.2, -0.15) is 5.10 Å². The number of pyridine rings is 1. The average Bonchev–Trinajstić information content (AvgIpc) is 3.17. The van der Waals surface area contributed by atoms with Crippen LogP contribution in [0.2, 0.25) is 0 Å². The van der Waals surface area contributed by atoms with E-state index in [0.29, 0.717) is 12.1 Å². The quantitative estimate of drug-likeness (QED) is 0.488. The summed E-state index contributed by atoms with van der Waals surface area (Å²) in [6, 6.07) is 19.3. The van der Waals surface area contributed by atoms with Crippen molar-refractivity contribution < 1.29 is 9.90 Å². The van der Waals surface area contributed by atoms with E-state index in [4.69, 9.17) is 10.1 Å². The highest BCUT2D eigenvalue weighted by atomic mass is 16.4. The van der Waals surface area contributed by atoms with Crippen molar-refractivity contribution in [3.8, 4) is 22.5 Å². The Hall–Kier alpha value is -3.80.